The van der Waals surface area contributed by atoms with Gasteiger partial charge in [0.05, 0.1) is 5.41 Å². The maximum Gasteiger partial charge on any atom is 0.244 e. The number of hydrogen-bond donors (Lipinski definition) is 0. The fraction of sp³-hybridized carbons (Fsp3) is 0.857. The lowest BCUT2D eigenvalue weighted by Gasteiger charge is -2.41. The molecular formula is C7H12NO. The Labute approximate surface area is 55.4 Å². The van der Waals surface area contributed by atoms with Crippen molar-refractivity contribution >= 4 is 5.91 Å². The average molecular weight is 126 g/mol. The standard InChI is InChI=1S/C7H12NO/c1-5-3-4-7(5,2)6(8)9/h5,8H,3-4H2,1-2H3. The van der Waals surface area contributed by atoms with Crippen LogP contribution in [-0.2, 0) is 4.79 Å². The fourth-order valence-corrected chi connectivity index (χ4v) is 1.20. The Kier molecular flexibility index (Phi) is 1.26. The summed E-state index contributed by atoms with van der Waals surface area (Å²) in [6, 6.07) is 0. The van der Waals surface area contributed by atoms with E-state index in [9.17, 15) is 4.79 Å². The van der Waals surface area contributed by atoms with Crippen molar-refractivity contribution in [1.29, 1.82) is 0 Å². The van der Waals surface area contributed by atoms with Crippen molar-refractivity contribution in [2.24, 2.45) is 11.3 Å². The second-order valence-corrected chi connectivity index (χ2v) is 3.19. The Morgan fingerprint density at radius 1 is 1.78 bits per heavy atom. The van der Waals surface area contributed by atoms with Gasteiger partial charge in [0.2, 0.25) is 5.91 Å². The monoisotopic (exact) mass is 126 g/mol. The Hall–Kier alpha value is -0.530. The summed E-state index contributed by atoms with van der Waals surface area (Å²) in [5.41, 5.74) is 6.63. The molecule has 0 heterocycles. The minimum atomic E-state index is -0.388. The lowest BCUT2D eigenvalue weighted by Crippen LogP contribution is -2.43. The number of carbonyl (C=O) groups is 1. The van der Waals surface area contributed by atoms with Gasteiger partial charge in [-0.1, -0.05) is 13.8 Å². The molecule has 1 aliphatic rings. The molecule has 0 bridgehead atoms. The number of amides is 1. The predicted molar refractivity (Wildman–Crippen MR) is 34.6 cm³/mol. The van der Waals surface area contributed by atoms with Crippen LogP contribution in [0.15, 0.2) is 0 Å². The van der Waals surface area contributed by atoms with Crippen LogP contribution in [-0.4, -0.2) is 5.91 Å². The van der Waals surface area contributed by atoms with Crippen molar-refractivity contribution in [2.75, 3.05) is 0 Å². The van der Waals surface area contributed by atoms with Crippen molar-refractivity contribution < 1.29 is 4.79 Å². The molecule has 1 saturated carbocycles. The fourth-order valence-electron chi connectivity index (χ4n) is 1.20. The van der Waals surface area contributed by atoms with E-state index < -0.39 is 0 Å². The molecule has 2 nitrogen and oxygen atoms in total. The molecule has 1 amide bonds. The molecule has 1 rings (SSSR count). The Morgan fingerprint density at radius 3 is 2.33 bits per heavy atom. The largest absolute Gasteiger partial charge is 0.273 e. The van der Waals surface area contributed by atoms with Crippen molar-refractivity contribution in [3.05, 3.63) is 0 Å². The third kappa shape index (κ3) is 0.732. The van der Waals surface area contributed by atoms with Crippen LogP contribution in [0.1, 0.15) is 26.7 Å². The molecule has 2 unspecified atom stereocenters. The van der Waals surface area contributed by atoms with E-state index in [1.807, 2.05) is 13.8 Å². The molecule has 1 fully saturated rings. The molecule has 1 N–H and O–H groups in total. The summed E-state index contributed by atoms with van der Waals surface area (Å²) < 4.78 is 0. The third-order valence-corrected chi connectivity index (χ3v) is 2.70. The summed E-state index contributed by atoms with van der Waals surface area (Å²) in [6.07, 6.45) is 2.03. The normalized spacial score (nSPS) is 41.8. The molecule has 51 valence electrons. The quantitative estimate of drug-likeness (QED) is 0.521. The van der Waals surface area contributed by atoms with Crippen LogP contribution >= 0.6 is 0 Å². The number of carbonyl (C=O) groups excluding carboxylic acids is 1. The second-order valence-electron chi connectivity index (χ2n) is 3.19. The summed E-state index contributed by atoms with van der Waals surface area (Å²) >= 11 is 0. The smallest absolute Gasteiger partial charge is 0.244 e. The van der Waals surface area contributed by atoms with Gasteiger partial charge in [-0.05, 0) is 18.8 Å². The Bertz CT molecular complexity index is 144. The lowest BCUT2D eigenvalue weighted by atomic mass is 9.62. The molecule has 0 saturated heterocycles. The van der Waals surface area contributed by atoms with Crippen LogP contribution < -0.4 is 5.73 Å². The van der Waals surface area contributed by atoms with Gasteiger partial charge in [-0.3, -0.25) is 10.5 Å². The van der Waals surface area contributed by atoms with Crippen molar-refractivity contribution in [3.8, 4) is 0 Å². The maximum atomic E-state index is 10.6. The average Bonchev–Trinajstić information content (AvgIpc) is 1.82. The minimum Gasteiger partial charge on any atom is -0.273 e. The Morgan fingerprint density at radius 2 is 2.33 bits per heavy atom. The van der Waals surface area contributed by atoms with E-state index in [2.05, 4.69) is 0 Å². The Balaban J connectivity index is 2.64. The second kappa shape index (κ2) is 1.72. The van der Waals surface area contributed by atoms with E-state index in [0.717, 1.165) is 12.8 Å². The molecule has 1 radical (unpaired) electrons. The van der Waals surface area contributed by atoms with Crippen LogP contribution in [0.3, 0.4) is 0 Å². The first-order chi connectivity index (χ1) is 4.07. The van der Waals surface area contributed by atoms with Gasteiger partial charge in [0.15, 0.2) is 0 Å². The topological polar surface area (TPSA) is 40.9 Å². The predicted octanol–water partition coefficient (Wildman–Crippen LogP) is 1.23. The molecule has 0 spiro atoms. The zero-order valence-corrected chi connectivity index (χ0v) is 5.90. The minimum absolute atomic E-state index is 0.292. The van der Waals surface area contributed by atoms with Crippen LogP contribution in [0.25, 0.3) is 0 Å². The molecule has 0 aliphatic heterocycles. The molecule has 0 aromatic rings. The van der Waals surface area contributed by atoms with Gasteiger partial charge in [0.1, 0.15) is 0 Å². The first-order valence-electron chi connectivity index (χ1n) is 3.33. The van der Waals surface area contributed by atoms with Gasteiger partial charge >= 0.3 is 0 Å². The van der Waals surface area contributed by atoms with Crippen molar-refractivity contribution in [1.82, 2.24) is 5.73 Å². The van der Waals surface area contributed by atoms with Gasteiger partial charge in [0.25, 0.3) is 0 Å². The van der Waals surface area contributed by atoms with Gasteiger partial charge in [0, 0.05) is 0 Å². The summed E-state index contributed by atoms with van der Waals surface area (Å²) in [6.45, 7) is 3.92. The first-order valence-corrected chi connectivity index (χ1v) is 3.33. The summed E-state index contributed by atoms with van der Waals surface area (Å²) in [7, 11) is 0. The van der Waals surface area contributed by atoms with Gasteiger partial charge in [-0.25, -0.2) is 0 Å². The lowest BCUT2D eigenvalue weighted by molar-refractivity contribution is -0.136. The summed E-state index contributed by atoms with van der Waals surface area (Å²) in [5, 5.41) is 0. The van der Waals surface area contributed by atoms with Crippen molar-refractivity contribution in [3.63, 3.8) is 0 Å². The van der Waals surface area contributed by atoms with E-state index in [0.29, 0.717) is 5.92 Å². The maximum absolute atomic E-state index is 10.6. The van der Waals surface area contributed by atoms with Crippen LogP contribution in [0.2, 0.25) is 0 Å². The number of nitrogens with one attached hydrogen (secondary N) is 1. The molecule has 9 heavy (non-hydrogen) atoms. The molecule has 0 aromatic carbocycles. The SMILES string of the molecule is CC1CCC1(C)C([NH])=O. The summed E-state index contributed by atoms with van der Waals surface area (Å²) in [4.78, 5) is 10.6. The number of rotatable bonds is 1. The molecule has 2 atom stereocenters. The molecular weight excluding hydrogens is 114 g/mol. The zero-order valence-electron chi connectivity index (χ0n) is 5.90. The van der Waals surface area contributed by atoms with Gasteiger partial charge < -0.3 is 0 Å². The zero-order chi connectivity index (χ0) is 7.07. The van der Waals surface area contributed by atoms with E-state index >= 15 is 0 Å². The van der Waals surface area contributed by atoms with E-state index in [1.165, 1.54) is 0 Å². The molecule has 0 aromatic heterocycles. The van der Waals surface area contributed by atoms with E-state index in [4.69, 9.17) is 5.73 Å². The van der Waals surface area contributed by atoms with Crippen LogP contribution in [0, 0.1) is 11.3 Å². The summed E-state index contributed by atoms with van der Waals surface area (Å²) in [5.74, 6) is 0.0451. The van der Waals surface area contributed by atoms with Gasteiger partial charge in [-0.2, -0.15) is 0 Å². The van der Waals surface area contributed by atoms with Crippen LogP contribution in [0.5, 0.6) is 0 Å². The highest BCUT2D eigenvalue weighted by Gasteiger charge is 2.44. The molecule has 2 heteroatoms. The highest BCUT2D eigenvalue weighted by Crippen LogP contribution is 2.45. The van der Waals surface area contributed by atoms with Crippen LogP contribution in [0.4, 0.5) is 0 Å². The third-order valence-electron chi connectivity index (χ3n) is 2.70. The van der Waals surface area contributed by atoms with E-state index in [-0.39, 0.29) is 11.3 Å². The highest BCUT2D eigenvalue weighted by molar-refractivity contribution is 5.80. The van der Waals surface area contributed by atoms with E-state index in [1.54, 1.807) is 0 Å². The van der Waals surface area contributed by atoms with Crippen molar-refractivity contribution in [2.45, 2.75) is 26.7 Å². The van der Waals surface area contributed by atoms with Gasteiger partial charge in [-0.15, -0.1) is 0 Å². The number of hydrogen-bond acceptors (Lipinski definition) is 1. The molecule has 1 aliphatic carbocycles. The first kappa shape index (κ1) is 6.59. The highest BCUT2D eigenvalue weighted by atomic mass is 16.1.